The van der Waals surface area contributed by atoms with Crippen molar-refractivity contribution >= 4 is 26.1 Å². The Morgan fingerprint density at radius 2 is 1.64 bits per heavy atom. The monoisotopic (exact) mass is 426 g/mol. The Labute approximate surface area is 166 Å². The lowest BCUT2D eigenvalue weighted by Gasteiger charge is -2.38. The maximum Gasteiger partial charge on any atom is 0.209 e. The van der Waals surface area contributed by atoms with Gasteiger partial charge in [0, 0.05) is 32.2 Å². The molecule has 0 radical (unpaired) electrons. The van der Waals surface area contributed by atoms with E-state index in [1.807, 2.05) is 11.0 Å². The van der Waals surface area contributed by atoms with Gasteiger partial charge in [0.2, 0.25) is 6.41 Å². The van der Waals surface area contributed by atoms with Crippen molar-refractivity contribution in [3.63, 3.8) is 0 Å². The van der Waals surface area contributed by atoms with E-state index in [-0.39, 0.29) is 16.4 Å². The average Bonchev–Trinajstić information content (AvgIpc) is 3.04. The average molecular weight is 427 g/mol. The van der Waals surface area contributed by atoms with E-state index in [2.05, 4.69) is 0 Å². The SMILES string of the molecule is O=CN1CCN([C@H]2CS(=O)(=O)C[C@@H]2S(=O)(=O)c2ccc3c(c2)CCCC3)CC1. The van der Waals surface area contributed by atoms with Crippen molar-refractivity contribution in [2.75, 3.05) is 37.7 Å². The van der Waals surface area contributed by atoms with E-state index in [1.165, 1.54) is 5.56 Å². The van der Waals surface area contributed by atoms with Crippen molar-refractivity contribution in [1.29, 1.82) is 0 Å². The highest BCUT2D eigenvalue weighted by Gasteiger charge is 2.48. The van der Waals surface area contributed by atoms with Gasteiger partial charge in [0.1, 0.15) is 0 Å². The fourth-order valence-corrected chi connectivity index (χ4v) is 9.55. The summed E-state index contributed by atoms with van der Waals surface area (Å²) in [6.07, 6.45) is 4.80. The third kappa shape index (κ3) is 3.71. The maximum absolute atomic E-state index is 13.4. The van der Waals surface area contributed by atoms with Crippen molar-refractivity contribution in [3.05, 3.63) is 29.3 Å². The molecule has 1 aliphatic carbocycles. The summed E-state index contributed by atoms with van der Waals surface area (Å²) in [4.78, 5) is 14.7. The van der Waals surface area contributed by atoms with Crippen LogP contribution in [0.5, 0.6) is 0 Å². The zero-order valence-corrected chi connectivity index (χ0v) is 17.4. The van der Waals surface area contributed by atoms with E-state index in [0.717, 1.165) is 37.7 Å². The van der Waals surface area contributed by atoms with Crippen LogP contribution >= 0.6 is 0 Å². The van der Waals surface area contributed by atoms with Gasteiger partial charge in [-0.05, 0) is 48.9 Å². The highest BCUT2D eigenvalue weighted by atomic mass is 32.2. The Morgan fingerprint density at radius 3 is 2.32 bits per heavy atom. The van der Waals surface area contributed by atoms with Gasteiger partial charge in [-0.1, -0.05) is 6.07 Å². The van der Waals surface area contributed by atoms with Gasteiger partial charge in [0.25, 0.3) is 0 Å². The lowest BCUT2D eigenvalue weighted by molar-refractivity contribution is -0.119. The summed E-state index contributed by atoms with van der Waals surface area (Å²) >= 11 is 0. The van der Waals surface area contributed by atoms with Gasteiger partial charge >= 0.3 is 0 Å². The molecule has 0 spiro atoms. The number of sulfone groups is 2. The summed E-state index contributed by atoms with van der Waals surface area (Å²) in [5, 5.41) is -0.957. The van der Waals surface area contributed by atoms with Gasteiger partial charge in [0.15, 0.2) is 19.7 Å². The minimum absolute atomic E-state index is 0.136. The number of piperazine rings is 1. The highest BCUT2D eigenvalue weighted by Crippen LogP contribution is 2.32. The Morgan fingerprint density at radius 1 is 0.964 bits per heavy atom. The number of fused-ring (bicyclic) bond motifs is 1. The van der Waals surface area contributed by atoms with Gasteiger partial charge in [-0.25, -0.2) is 16.8 Å². The van der Waals surface area contributed by atoms with Crippen LogP contribution in [0.3, 0.4) is 0 Å². The molecule has 2 aliphatic heterocycles. The fraction of sp³-hybridized carbons (Fsp3) is 0.632. The smallest absolute Gasteiger partial charge is 0.209 e. The first-order chi connectivity index (χ1) is 13.3. The van der Waals surface area contributed by atoms with Crippen molar-refractivity contribution in [1.82, 2.24) is 9.80 Å². The molecule has 1 amide bonds. The van der Waals surface area contributed by atoms with E-state index in [9.17, 15) is 21.6 Å². The van der Waals surface area contributed by atoms with Crippen molar-refractivity contribution in [3.8, 4) is 0 Å². The quantitative estimate of drug-likeness (QED) is 0.642. The molecular formula is C19H26N2O5S2. The first-order valence-corrected chi connectivity index (χ1v) is 13.2. The van der Waals surface area contributed by atoms with Crippen LogP contribution in [0.25, 0.3) is 0 Å². The molecule has 28 heavy (non-hydrogen) atoms. The molecule has 0 saturated carbocycles. The van der Waals surface area contributed by atoms with Gasteiger partial charge in [-0.3, -0.25) is 9.69 Å². The summed E-state index contributed by atoms with van der Waals surface area (Å²) in [7, 11) is -7.19. The normalized spacial score (nSPS) is 28.1. The molecule has 3 aliphatic rings. The Bertz CT molecular complexity index is 966. The second-order valence-corrected chi connectivity index (χ2v) is 12.4. The van der Waals surface area contributed by atoms with Crippen LogP contribution in [0.1, 0.15) is 24.0 Å². The first-order valence-electron chi connectivity index (χ1n) is 9.80. The Kier molecular flexibility index (Phi) is 5.26. The standard InChI is InChI=1S/C19H26N2O5S2/c22-14-20-7-9-21(10-8-20)18-12-27(23,24)13-19(18)28(25,26)17-6-5-15-3-1-2-4-16(15)11-17/h5-6,11,14,18-19H,1-4,7-10,12-13H2/t18-,19-/m0/s1. The molecule has 2 heterocycles. The van der Waals surface area contributed by atoms with E-state index in [0.29, 0.717) is 26.2 Å². The summed E-state index contributed by atoms with van der Waals surface area (Å²) in [6, 6.07) is 4.74. The molecule has 0 unspecified atom stereocenters. The van der Waals surface area contributed by atoms with Crippen LogP contribution in [0.15, 0.2) is 23.1 Å². The van der Waals surface area contributed by atoms with Gasteiger partial charge in [-0.15, -0.1) is 0 Å². The lowest BCUT2D eigenvalue weighted by Crippen LogP contribution is -2.54. The second-order valence-electron chi connectivity index (χ2n) is 8.04. The molecule has 0 N–H and O–H groups in total. The molecule has 1 aromatic rings. The predicted molar refractivity (Wildman–Crippen MR) is 106 cm³/mol. The van der Waals surface area contributed by atoms with E-state index >= 15 is 0 Å². The largest absolute Gasteiger partial charge is 0.343 e. The van der Waals surface area contributed by atoms with E-state index < -0.39 is 31.0 Å². The van der Waals surface area contributed by atoms with Crippen LogP contribution < -0.4 is 0 Å². The van der Waals surface area contributed by atoms with Gasteiger partial charge < -0.3 is 4.90 Å². The predicted octanol–water partition coefficient (Wildman–Crippen LogP) is 0.279. The number of hydrogen-bond acceptors (Lipinski definition) is 6. The molecule has 154 valence electrons. The van der Waals surface area contributed by atoms with Crippen molar-refractivity contribution in [2.24, 2.45) is 0 Å². The van der Waals surface area contributed by atoms with Crippen LogP contribution in [0.4, 0.5) is 0 Å². The maximum atomic E-state index is 13.4. The van der Waals surface area contributed by atoms with Crippen LogP contribution in [-0.4, -0.2) is 82.0 Å². The number of carbonyl (C=O) groups is 1. The van der Waals surface area contributed by atoms with Crippen molar-refractivity contribution < 1.29 is 21.6 Å². The lowest BCUT2D eigenvalue weighted by atomic mass is 9.92. The van der Waals surface area contributed by atoms with E-state index in [4.69, 9.17) is 0 Å². The molecule has 2 atom stereocenters. The van der Waals surface area contributed by atoms with Gasteiger partial charge in [-0.2, -0.15) is 0 Å². The number of hydrogen-bond donors (Lipinski definition) is 0. The summed E-state index contributed by atoms with van der Waals surface area (Å²) in [5.41, 5.74) is 2.27. The van der Waals surface area contributed by atoms with Crippen molar-refractivity contribution in [2.45, 2.75) is 41.9 Å². The zero-order valence-electron chi connectivity index (χ0n) is 15.8. The Hall–Kier alpha value is -1.45. The van der Waals surface area contributed by atoms with Crippen LogP contribution in [-0.2, 0) is 37.3 Å². The highest BCUT2D eigenvalue weighted by molar-refractivity contribution is 7.96. The third-order valence-corrected chi connectivity index (χ3v) is 10.4. The molecule has 9 heteroatoms. The number of rotatable bonds is 4. The molecule has 2 fully saturated rings. The summed E-state index contributed by atoms with van der Waals surface area (Å²) in [5.74, 6) is -0.464. The third-order valence-electron chi connectivity index (χ3n) is 6.29. The number of carbonyl (C=O) groups excluding carboxylic acids is 1. The minimum Gasteiger partial charge on any atom is -0.343 e. The number of aryl methyl sites for hydroxylation is 2. The summed E-state index contributed by atoms with van der Waals surface area (Å²) < 4.78 is 51.6. The van der Waals surface area contributed by atoms with Crippen LogP contribution in [0.2, 0.25) is 0 Å². The topological polar surface area (TPSA) is 91.8 Å². The van der Waals surface area contributed by atoms with Gasteiger partial charge in [0.05, 0.1) is 21.7 Å². The molecule has 4 rings (SSSR count). The second kappa shape index (κ2) is 7.42. The molecule has 2 saturated heterocycles. The molecular weight excluding hydrogens is 400 g/mol. The minimum atomic E-state index is -3.76. The van der Waals surface area contributed by atoms with Crippen LogP contribution in [0, 0.1) is 0 Å². The molecule has 1 aromatic carbocycles. The first kappa shape index (κ1) is 19.8. The fourth-order valence-electron chi connectivity index (χ4n) is 4.67. The number of nitrogens with zero attached hydrogens (tertiary/aromatic N) is 2. The Balaban J connectivity index is 1.64. The number of amides is 1. The molecule has 7 nitrogen and oxygen atoms in total. The summed E-state index contributed by atoms with van der Waals surface area (Å²) in [6.45, 7) is 1.97. The van der Waals surface area contributed by atoms with E-state index in [1.54, 1.807) is 17.0 Å². The molecule has 0 bridgehead atoms. The number of benzene rings is 1. The molecule has 0 aromatic heterocycles. The zero-order chi connectivity index (χ0) is 19.9.